The van der Waals surface area contributed by atoms with Crippen LogP contribution < -0.4 is 0 Å². The number of hydrogen-bond donors (Lipinski definition) is 0. The van der Waals surface area contributed by atoms with E-state index in [2.05, 4.69) is 30.7 Å². The van der Waals surface area contributed by atoms with Crippen molar-refractivity contribution in [1.29, 1.82) is 0 Å². The van der Waals surface area contributed by atoms with Gasteiger partial charge in [0.05, 0.1) is 0 Å². The zero-order chi connectivity index (χ0) is 10.4. The van der Waals surface area contributed by atoms with Crippen molar-refractivity contribution in [2.24, 2.45) is 0 Å². The second-order valence-corrected chi connectivity index (χ2v) is 4.52. The molecule has 0 saturated heterocycles. The van der Waals surface area contributed by atoms with Gasteiger partial charge in [-0.05, 0) is 30.6 Å². The fourth-order valence-corrected chi connectivity index (χ4v) is 3.10. The van der Waals surface area contributed by atoms with Crippen LogP contribution in [0.5, 0.6) is 0 Å². The van der Waals surface area contributed by atoms with Crippen LogP contribution in [-0.2, 0) is 11.2 Å². The van der Waals surface area contributed by atoms with Crippen LogP contribution in [-0.4, -0.2) is 18.8 Å². The molecule has 0 bridgehead atoms. The molecule has 3 heteroatoms. The number of carbonyl (C=O) groups is 1. The Morgan fingerprint density at radius 3 is 2.64 bits per heavy atom. The summed E-state index contributed by atoms with van der Waals surface area (Å²) in [6.07, 6.45) is 6.62. The van der Waals surface area contributed by atoms with Gasteiger partial charge < -0.3 is 4.79 Å². The summed E-state index contributed by atoms with van der Waals surface area (Å²) in [6, 6.07) is 6.29. The highest BCUT2D eigenvalue weighted by atomic mass is 32.2. The van der Waals surface area contributed by atoms with Gasteiger partial charge in [-0.2, -0.15) is 0 Å². The highest BCUT2D eigenvalue weighted by Crippen LogP contribution is 2.31. The predicted octanol–water partition coefficient (Wildman–Crippen LogP) is 3.26. The van der Waals surface area contributed by atoms with E-state index in [1.807, 2.05) is 0 Å². The lowest BCUT2D eigenvalue weighted by Gasteiger charge is -2.09. The highest BCUT2D eigenvalue weighted by Gasteiger charge is 2.05. The van der Waals surface area contributed by atoms with Crippen molar-refractivity contribution in [1.82, 2.24) is 0 Å². The van der Waals surface area contributed by atoms with Crippen molar-refractivity contribution in [3.63, 3.8) is 0 Å². The van der Waals surface area contributed by atoms with Gasteiger partial charge in [0.25, 0.3) is 0 Å². The molecule has 1 aromatic rings. The van der Waals surface area contributed by atoms with E-state index in [9.17, 15) is 4.79 Å². The minimum absolute atomic E-state index is 0.616. The lowest BCUT2D eigenvalue weighted by atomic mass is 10.1. The summed E-state index contributed by atoms with van der Waals surface area (Å²) >= 11 is 3.52. The van der Waals surface area contributed by atoms with E-state index in [1.54, 1.807) is 23.5 Å². The maximum absolute atomic E-state index is 10.3. The molecule has 0 aliphatic rings. The molecular weight excluding hydrogens is 212 g/mol. The van der Waals surface area contributed by atoms with E-state index in [0.29, 0.717) is 6.42 Å². The van der Waals surface area contributed by atoms with Gasteiger partial charge >= 0.3 is 0 Å². The lowest BCUT2D eigenvalue weighted by molar-refractivity contribution is -0.107. The third kappa shape index (κ3) is 2.79. The SMILES string of the molecule is CSc1cccc(CCC=O)c1SC. The third-order valence-electron chi connectivity index (χ3n) is 2.02. The summed E-state index contributed by atoms with van der Waals surface area (Å²) in [7, 11) is 0. The van der Waals surface area contributed by atoms with Crippen molar-refractivity contribution >= 4 is 29.8 Å². The van der Waals surface area contributed by atoms with Crippen LogP contribution in [0.1, 0.15) is 12.0 Å². The van der Waals surface area contributed by atoms with Crippen LogP contribution in [0.15, 0.2) is 28.0 Å². The molecule has 1 aromatic carbocycles. The van der Waals surface area contributed by atoms with Crippen LogP contribution in [0.2, 0.25) is 0 Å². The number of aldehydes is 1. The van der Waals surface area contributed by atoms with Crippen LogP contribution in [0, 0.1) is 0 Å². The second-order valence-electron chi connectivity index (χ2n) is 2.86. The number of aryl methyl sites for hydroxylation is 1. The molecular formula is C11H14OS2. The van der Waals surface area contributed by atoms with E-state index in [4.69, 9.17) is 0 Å². The Kier molecular flexibility index (Phi) is 5.12. The smallest absolute Gasteiger partial charge is 0.120 e. The minimum atomic E-state index is 0.616. The number of benzene rings is 1. The van der Waals surface area contributed by atoms with E-state index in [-0.39, 0.29) is 0 Å². The summed E-state index contributed by atoms with van der Waals surface area (Å²) < 4.78 is 0. The monoisotopic (exact) mass is 226 g/mol. The molecule has 0 spiro atoms. The number of hydrogen-bond acceptors (Lipinski definition) is 3. The molecule has 1 rings (SSSR count). The molecule has 0 N–H and O–H groups in total. The van der Waals surface area contributed by atoms with Crippen molar-refractivity contribution in [2.75, 3.05) is 12.5 Å². The summed E-state index contributed by atoms with van der Waals surface area (Å²) in [5.74, 6) is 0. The van der Waals surface area contributed by atoms with Gasteiger partial charge in [0, 0.05) is 16.2 Å². The van der Waals surface area contributed by atoms with Gasteiger partial charge in [-0.15, -0.1) is 23.5 Å². The van der Waals surface area contributed by atoms with E-state index < -0.39 is 0 Å². The number of rotatable bonds is 5. The van der Waals surface area contributed by atoms with Gasteiger partial charge in [-0.1, -0.05) is 12.1 Å². The van der Waals surface area contributed by atoms with Gasteiger partial charge in [-0.25, -0.2) is 0 Å². The fraction of sp³-hybridized carbons (Fsp3) is 0.364. The first-order chi connectivity index (χ1) is 6.83. The first-order valence-corrected chi connectivity index (χ1v) is 6.92. The van der Waals surface area contributed by atoms with Gasteiger partial charge in [0.2, 0.25) is 0 Å². The van der Waals surface area contributed by atoms with Gasteiger partial charge in [0.1, 0.15) is 6.29 Å². The molecule has 0 atom stereocenters. The summed E-state index contributed by atoms with van der Waals surface area (Å²) in [4.78, 5) is 12.9. The normalized spacial score (nSPS) is 10.1. The quantitative estimate of drug-likeness (QED) is 0.566. The minimum Gasteiger partial charge on any atom is -0.303 e. The maximum Gasteiger partial charge on any atom is 0.120 e. The van der Waals surface area contributed by atoms with Crippen LogP contribution in [0.3, 0.4) is 0 Å². The maximum atomic E-state index is 10.3. The molecule has 0 aliphatic carbocycles. The van der Waals surface area contributed by atoms with Crippen molar-refractivity contribution in [3.05, 3.63) is 23.8 Å². The van der Waals surface area contributed by atoms with Crippen LogP contribution in [0.25, 0.3) is 0 Å². The Morgan fingerprint density at radius 1 is 1.29 bits per heavy atom. The molecule has 76 valence electrons. The highest BCUT2D eigenvalue weighted by molar-refractivity contribution is 8.01. The molecule has 0 saturated carbocycles. The van der Waals surface area contributed by atoms with E-state index in [0.717, 1.165) is 12.7 Å². The number of thioether (sulfide) groups is 2. The summed E-state index contributed by atoms with van der Waals surface area (Å²) in [6.45, 7) is 0. The molecule has 0 heterocycles. The molecule has 1 nitrogen and oxygen atoms in total. The molecule has 0 unspecified atom stereocenters. The molecule has 0 aliphatic heterocycles. The second kappa shape index (κ2) is 6.14. The summed E-state index contributed by atoms with van der Waals surface area (Å²) in [5.41, 5.74) is 1.29. The Morgan fingerprint density at radius 2 is 2.07 bits per heavy atom. The van der Waals surface area contributed by atoms with E-state index >= 15 is 0 Å². The molecule has 0 radical (unpaired) electrons. The Hall–Kier alpha value is -0.410. The fourth-order valence-electron chi connectivity index (χ4n) is 1.36. The standard InChI is InChI=1S/C11H14OS2/c1-13-10-7-3-5-9(6-4-8-12)11(10)14-2/h3,5,7-8H,4,6H2,1-2H3. The average molecular weight is 226 g/mol. The van der Waals surface area contributed by atoms with Crippen molar-refractivity contribution < 1.29 is 4.79 Å². The zero-order valence-corrected chi connectivity index (χ0v) is 10.1. The lowest BCUT2D eigenvalue weighted by Crippen LogP contribution is -1.91. The average Bonchev–Trinajstić information content (AvgIpc) is 2.25. The van der Waals surface area contributed by atoms with Crippen LogP contribution >= 0.6 is 23.5 Å². The van der Waals surface area contributed by atoms with Crippen LogP contribution in [0.4, 0.5) is 0 Å². The third-order valence-corrected chi connectivity index (χ3v) is 3.82. The van der Waals surface area contributed by atoms with Crippen molar-refractivity contribution in [3.8, 4) is 0 Å². The Bertz CT molecular complexity index is 310. The number of carbonyl (C=O) groups excluding carboxylic acids is 1. The molecule has 14 heavy (non-hydrogen) atoms. The van der Waals surface area contributed by atoms with E-state index in [1.165, 1.54) is 15.4 Å². The first-order valence-electron chi connectivity index (χ1n) is 4.47. The van der Waals surface area contributed by atoms with Gasteiger partial charge in [-0.3, -0.25) is 0 Å². The summed E-state index contributed by atoms with van der Waals surface area (Å²) in [5, 5.41) is 0. The predicted molar refractivity (Wildman–Crippen MR) is 64.4 cm³/mol. The first kappa shape index (κ1) is 11.7. The topological polar surface area (TPSA) is 17.1 Å². The molecule has 0 fully saturated rings. The van der Waals surface area contributed by atoms with Crippen molar-refractivity contribution in [2.45, 2.75) is 22.6 Å². The molecule has 0 amide bonds. The zero-order valence-electron chi connectivity index (χ0n) is 8.45. The molecule has 0 aromatic heterocycles. The largest absolute Gasteiger partial charge is 0.303 e. The van der Waals surface area contributed by atoms with Gasteiger partial charge in [0.15, 0.2) is 0 Å². The Labute approximate surface area is 93.7 Å². The Balaban J connectivity index is 2.95.